The van der Waals surface area contributed by atoms with E-state index in [4.69, 9.17) is 11.6 Å². The minimum absolute atomic E-state index is 0.422. The average Bonchev–Trinajstić information content (AvgIpc) is 3.47. The third kappa shape index (κ3) is 5.78. The molecule has 2 aliphatic rings. The number of H-pyrrole nitrogens is 1. The van der Waals surface area contributed by atoms with Crippen LogP contribution >= 0.6 is 11.6 Å². The number of aromatic nitrogens is 2. The first-order chi connectivity index (χ1) is 13.5. The number of hydrogen-bond donors (Lipinski definition) is 1. The first-order valence-electron chi connectivity index (χ1n) is 9.73. The molecule has 1 N–H and O–H groups in total. The van der Waals surface area contributed by atoms with Crippen LogP contribution in [0.1, 0.15) is 43.3 Å². The number of nitrogens with zero attached hydrogens (tertiary/aromatic N) is 3. The van der Waals surface area contributed by atoms with Gasteiger partial charge in [0.05, 0.1) is 18.4 Å². The van der Waals surface area contributed by atoms with Crippen molar-refractivity contribution in [2.45, 2.75) is 46.2 Å². The lowest BCUT2D eigenvalue weighted by Gasteiger charge is -2.24. The summed E-state index contributed by atoms with van der Waals surface area (Å²) in [6.45, 7) is 6.42. The summed E-state index contributed by atoms with van der Waals surface area (Å²) in [6.07, 6.45) is 6.25. The van der Waals surface area contributed by atoms with Crippen molar-refractivity contribution in [2.24, 2.45) is 5.92 Å². The number of halogens is 2. The predicted octanol–water partition coefficient (Wildman–Crippen LogP) is 4.59. The van der Waals surface area contributed by atoms with Crippen LogP contribution in [0.3, 0.4) is 0 Å². The zero-order chi connectivity index (χ0) is 20.1. The molecule has 1 aromatic carbocycles. The zero-order valence-corrected chi connectivity index (χ0v) is 18.0. The molecule has 0 spiro atoms. The van der Waals surface area contributed by atoms with Gasteiger partial charge in [-0.1, -0.05) is 37.8 Å². The van der Waals surface area contributed by atoms with Crippen LogP contribution in [-0.4, -0.2) is 37.6 Å². The minimum Gasteiger partial charge on any atom is -0.364 e. The smallest absolute Gasteiger partial charge is 0.179 e. The van der Waals surface area contributed by atoms with Crippen LogP contribution < -0.4 is 4.90 Å². The van der Waals surface area contributed by atoms with Crippen molar-refractivity contribution in [3.05, 3.63) is 46.5 Å². The van der Waals surface area contributed by atoms with E-state index >= 15 is 0 Å². The molecule has 0 radical (unpaired) electrons. The molecule has 8 heteroatoms. The maximum Gasteiger partial charge on any atom is 0.179 e. The number of anilines is 1. The molecule has 1 aliphatic heterocycles. The largest absolute Gasteiger partial charge is 0.364 e. The summed E-state index contributed by atoms with van der Waals surface area (Å²) in [5.74, 6) is 2.00. The summed E-state index contributed by atoms with van der Waals surface area (Å²) in [5, 5.41) is 0.619. The SMILES string of the molecule is CCC1CC1.Cc1ncc(CN2CCN(S(=O)CF)Cc3cc(Cl)ccc32)[nH]1. The van der Waals surface area contributed by atoms with Gasteiger partial charge in [-0.25, -0.2) is 17.9 Å². The number of benzene rings is 1. The van der Waals surface area contributed by atoms with E-state index < -0.39 is 17.0 Å². The maximum absolute atomic E-state index is 12.8. The second-order valence-corrected chi connectivity index (χ2v) is 9.15. The maximum atomic E-state index is 12.8. The molecule has 2 heterocycles. The molecule has 1 saturated carbocycles. The summed E-state index contributed by atoms with van der Waals surface area (Å²) in [6, 6.07) is 4.79. The third-order valence-electron chi connectivity index (χ3n) is 5.12. The molecule has 28 heavy (non-hydrogen) atoms. The van der Waals surface area contributed by atoms with Gasteiger partial charge in [0, 0.05) is 30.3 Å². The summed E-state index contributed by atoms with van der Waals surface area (Å²) >= 11 is 6.10. The van der Waals surface area contributed by atoms with Crippen LogP contribution in [-0.2, 0) is 24.1 Å². The highest BCUT2D eigenvalue weighted by Gasteiger charge is 2.23. The van der Waals surface area contributed by atoms with Crippen LogP contribution in [0.2, 0.25) is 5.02 Å². The Bertz CT molecular complexity index is 811. The van der Waals surface area contributed by atoms with Crippen LogP contribution in [0, 0.1) is 12.8 Å². The van der Waals surface area contributed by atoms with Gasteiger partial charge < -0.3 is 9.88 Å². The van der Waals surface area contributed by atoms with Gasteiger partial charge in [0.1, 0.15) is 16.8 Å². The number of imidazole rings is 1. The minimum atomic E-state index is -1.62. The van der Waals surface area contributed by atoms with E-state index in [-0.39, 0.29) is 0 Å². The first kappa shape index (κ1) is 21.3. The third-order valence-corrected chi connectivity index (χ3v) is 6.43. The number of aromatic amines is 1. The number of alkyl halides is 1. The van der Waals surface area contributed by atoms with E-state index in [1.807, 2.05) is 31.3 Å². The zero-order valence-electron chi connectivity index (χ0n) is 16.5. The lowest BCUT2D eigenvalue weighted by atomic mass is 10.1. The summed E-state index contributed by atoms with van der Waals surface area (Å²) in [5.41, 5.74) is 2.98. The summed E-state index contributed by atoms with van der Waals surface area (Å²) < 4.78 is 26.3. The Kier molecular flexibility index (Phi) is 7.48. The number of fused-ring (bicyclic) bond motifs is 1. The second kappa shape index (κ2) is 9.85. The Morgan fingerprint density at radius 1 is 1.36 bits per heavy atom. The van der Waals surface area contributed by atoms with Crippen molar-refractivity contribution in [3.8, 4) is 0 Å². The van der Waals surface area contributed by atoms with Gasteiger partial charge in [-0.2, -0.15) is 0 Å². The van der Waals surface area contributed by atoms with E-state index in [1.165, 1.54) is 19.3 Å². The molecule has 0 saturated heterocycles. The molecule has 0 bridgehead atoms. The predicted molar refractivity (Wildman–Crippen MR) is 113 cm³/mol. The molecule has 1 aromatic heterocycles. The van der Waals surface area contributed by atoms with E-state index in [2.05, 4.69) is 21.8 Å². The Hall–Kier alpha value is -1.44. The standard InChI is InChI=1S/C15H18ClFN4OS.C5H10/c1-11-18-7-14(19-11)9-20-4-5-21(23(22)10-17)8-12-6-13(16)2-3-15(12)20;1-2-5-3-4-5/h2-3,6-7H,4-5,8-10H2,1H3,(H,18,19);5H,2-4H2,1H3. The van der Waals surface area contributed by atoms with Crippen molar-refractivity contribution in [1.82, 2.24) is 14.3 Å². The molecule has 154 valence electrons. The normalized spacial score (nSPS) is 18.1. The fraction of sp³-hybridized carbons (Fsp3) is 0.550. The van der Waals surface area contributed by atoms with Crippen LogP contribution in [0.15, 0.2) is 24.4 Å². The summed E-state index contributed by atoms with van der Waals surface area (Å²) in [7, 11) is -1.62. The fourth-order valence-corrected chi connectivity index (χ4v) is 4.20. The van der Waals surface area contributed by atoms with Gasteiger partial charge in [-0.3, -0.25) is 0 Å². The van der Waals surface area contributed by atoms with E-state index in [0.29, 0.717) is 31.2 Å². The Morgan fingerprint density at radius 2 is 2.14 bits per heavy atom. The molecule has 0 amide bonds. The average molecular weight is 427 g/mol. The number of aryl methyl sites for hydroxylation is 1. The molecule has 2 aromatic rings. The van der Waals surface area contributed by atoms with Crippen molar-refractivity contribution in [2.75, 3.05) is 24.0 Å². The number of rotatable bonds is 5. The van der Waals surface area contributed by atoms with Crippen molar-refractivity contribution in [1.29, 1.82) is 0 Å². The Balaban J connectivity index is 0.000000391. The summed E-state index contributed by atoms with van der Waals surface area (Å²) in [4.78, 5) is 9.61. The van der Waals surface area contributed by atoms with E-state index in [0.717, 1.165) is 28.7 Å². The molecule has 4 rings (SSSR count). The highest BCUT2D eigenvalue weighted by atomic mass is 35.5. The van der Waals surface area contributed by atoms with Crippen molar-refractivity contribution < 1.29 is 8.60 Å². The van der Waals surface area contributed by atoms with E-state index in [9.17, 15) is 8.60 Å². The quantitative estimate of drug-likeness (QED) is 0.760. The van der Waals surface area contributed by atoms with Gasteiger partial charge in [-0.05, 0) is 36.6 Å². The highest BCUT2D eigenvalue weighted by molar-refractivity contribution is 7.82. The molecule has 5 nitrogen and oxygen atoms in total. The number of nitrogens with one attached hydrogen (secondary N) is 1. The van der Waals surface area contributed by atoms with Gasteiger partial charge in [0.2, 0.25) is 0 Å². The fourth-order valence-electron chi connectivity index (χ4n) is 3.30. The van der Waals surface area contributed by atoms with Gasteiger partial charge >= 0.3 is 0 Å². The van der Waals surface area contributed by atoms with Crippen LogP contribution in [0.4, 0.5) is 10.1 Å². The molecule has 1 unspecified atom stereocenters. The Labute approximate surface area is 173 Å². The molecule has 1 fully saturated rings. The van der Waals surface area contributed by atoms with Crippen molar-refractivity contribution >= 4 is 28.3 Å². The van der Waals surface area contributed by atoms with Crippen LogP contribution in [0.5, 0.6) is 0 Å². The van der Waals surface area contributed by atoms with E-state index in [1.54, 1.807) is 4.31 Å². The highest BCUT2D eigenvalue weighted by Crippen LogP contribution is 2.31. The molecular weight excluding hydrogens is 399 g/mol. The van der Waals surface area contributed by atoms with Gasteiger partial charge in [0.15, 0.2) is 6.01 Å². The second-order valence-electron chi connectivity index (χ2n) is 7.33. The van der Waals surface area contributed by atoms with Gasteiger partial charge in [0.25, 0.3) is 0 Å². The molecule has 1 atom stereocenters. The van der Waals surface area contributed by atoms with Crippen LogP contribution in [0.25, 0.3) is 0 Å². The topological polar surface area (TPSA) is 52.2 Å². The van der Waals surface area contributed by atoms with Crippen molar-refractivity contribution in [3.63, 3.8) is 0 Å². The molecular formula is C20H28ClFN4OS. The van der Waals surface area contributed by atoms with Gasteiger partial charge in [-0.15, -0.1) is 0 Å². The molecule has 1 aliphatic carbocycles. The number of hydrogen-bond acceptors (Lipinski definition) is 3. The lowest BCUT2D eigenvalue weighted by molar-refractivity contribution is 0.439. The lowest BCUT2D eigenvalue weighted by Crippen LogP contribution is -2.32. The Morgan fingerprint density at radius 3 is 2.71 bits per heavy atom. The monoisotopic (exact) mass is 426 g/mol. The first-order valence-corrected chi connectivity index (χ1v) is 11.4.